The van der Waals surface area contributed by atoms with E-state index in [-0.39, 0.29) is 5.75 Å². The van der Waals surface area contributed by atoms with Gasteiger partial charge in [-0.3, -0.25) is 10.4 Å². The normalized spacial score (nSPS) is 11.2. The van der Waals surface area contributed by atoms with Gasteiger partial charge in [-0.05, 0) is 39.0 Å². The van der Waals surface area contributed by atoms with Crippen LogP contribution in [0.2, 0.25) is 0 Å². The van der Waals surface area contributed by atoms with Crippen LogP contribution in [0.15, 0.2) is 24.3 Å². The van der Waals surface area contributed by atoms with Crippen molar-refractivity contribution in [2.24, 2.45) is 0 Å². The summed E-state index contributed by atoms with van der Waals surface area (Å²) in [4.78, 5) is 11.7. The molecule has 2 rings (SSSR count). The van der Waals surface area contributed by atoms with E-state index in [0.717, 1.165) is 0 Å². The number of carbonyl (C=O) groups excluding carboxylic acids is 1. The summed E-state index contributed by atoms with van der Waals surface area (Å²) in [5, 5.41) is 19.0. The van der Waals surface area contributed by atoms with E-state index in [0.29, 0.717) is 22.8 Å². The lowest BCUT2D eigenvalue weighted by Gasteiger charge is -2.19. The molecule has 112 valence electrons. The van der Waals surface area contributed by atoms with E-state index in [1.54, 1.807) is 39.0 Å². The molecule has 1 aromatic carbocycles. The number of phenolic OH excluding ortho intramolecular Hbond substituents is 1. The van der Waals surface area contributed by atoms with E-state index in [1.807, 2.05) is 0 Å². The fourth-order valence-electron chi connectivity index (χ4n) is 1.73. The third-order valence-corrected chi connectivity index (χ3v) is 2.53. The smallest absolute Gasteiger partial charge is 0.412 e. The van der Waals surface area contributed by atoms with Crippen molar-refractivity contribution in [3.63, 3.8) is 0 Å². The zero-order valence-electron chi connectivity index (χ0n) is 12.1. The number of nitrogens with two attached hydrogens (primary N) is 1. The Morgan fingerprint density at radius 2 is 2.10 bits per heavy atom. The molecular weight excluding hydrogens is 272 g/mol. The zero-order chi connectivity index (χ0) is 15.6. The second kappa shape index (κ2) is 5.35. The van der Waals surface area contributed by atoms with Crippen molar-refractivity contribution < 1.29 is 14.6 Å². The van der Waals surface area contributed by atoms with E-state index < -0.39 is 11.7 Å². The van der Waals surface area contributed by atoms with Gasteiger partial charge in [0.25, 0.3) is 0 Å². The molecule has 1 aromatic heterocycles. The number of phenols is 1. The highest BCUT2D eigenvalue weighted by molar-refractivity contribution is 5.87. The third kappa shape index (κ3) is 3.88. The zero-order valence-corrected chi connectivity index (χ0v) is 12.1. The number of nitrogens with one attached hydrogen (secondary N) is 2. The summed E-state index contributed by atoms with van der Waals surface area (Å²) in [5.74, 6) is 0.364. The van der Waals surface area contributed by atoms with Crippen molar-refractivity contribution in [3.05, 3.63) is 24.3 Å². The van der Waals surface area contributed by atoms with E-state index in [4.69, 9.17) is 10.5 Å². The van der Waals surface area contributed by atoms with Crippen LogP contribution in [0.1, 0.15) is 20.8 Å². The molecule has 7 heteroatoms. The molecule has 0 saturated heterocycles. The summed E-state index contributed by atoms with van der Waals surface area (Å²) in [6.07, 6.45) is -0.566. The Hall–Kier alpha value is -2.70. The maximum absolute atomic E-state index is 11.7. The number of aromatic amines is 1. The van der Waals surface area contributed by atoms with Gasteiger partial charge in [0.05, 0.1) is 5.69 Å². The van der Waals surface area contributed by atoms with Gasteiger partial charge in [-0.25, -0.2) is 4.79 Å². The number of aromatic hydroxyl groups is 1. The lowest BCUT2D eigenvalue weighted by atomic mass is 10.1. The highest BCUT2D eigenvalue weighted by atomic mass is 16.6. The van der Waals surface area contributed by atoms with Gasteiger partial charge in [-0.1, -0.05) is 0 Å². The Bertz CT molecular complexity index is 658. The summed E-state index contributed by atoms with van der Waals surface area (Å²) in [6.45, 7) is 5.34. The summed E-state index contributed by atoms with van der Waals surface area (Å²) in [7, 11) is 0. The molecule has 0 saturated carbocycles. The molecule has 7 nitrogen and oxygen atoms in total. The van der Waals surface area contributed by atoms with Crippen LogP contribution in [-0.4, -0.2) is 27.0 Å². The summed E-state index contributed by atoms with van der Waals surface area (Å²) in [6, 6.07) is 6.24. The Morgan fingerprint density at radius 3 is 2.67 bits per heavy atom. The van der Waals surface area contributed by atoms with Crippen molar-refractivity contribution >= 4 is 17.6 Å². The minimum Gasteiger partial charge on any atom is -0.507 e. The van der Waals surface area contributed by atoms with E-state index in [9.17, 15) is 9.90 Å². The summed E-state index contributed by atoms with van der Waals surface area (Å²) in [5.41, 5.74) is 6.48. The largest absolute Gasteiger partial charge is 0.507 e. The number of H-pyrrole nitrogens is 1. The van der Waals surface area contributed by atoms with Crippen molar-refractivity contribution in [1.29, 1.82) is 0 Å². The van der Waals surface area contributed by atoms with Gasteiger partial charge in [0.1, 0.15) is 17.2 Å². The fourth-order valence-corrected chi connectivity index (χ4v) is 1.73. The first-order valence-corrected chi connectivity index (χ1v) is 6.39. The maximum atomic E-state index is 11.7. The van der Waals surface area contributed by atoms with Crippen molar-refractivity contribution in [2.75, 3.05) is 11.1 Å². The van der Waals surface area contributed by atoms with Crippen LogP contribution >= 0.6 is 0 Å². The van der Waals surface area contributed by atoms with Gasteiger partial charge in [0.15, 0.2) is 0 Å². The third-order valence-electron chi connectivity index (χ3n) is 2.53. The maximum Gasteiger partial charge on any atom is 0.412 e. The van der Waals surface area contributed by atoms with Crippen LogP contribution in [0.3, 0.4) is 0 Å². The van der Waals surface area contributed by atoms with Crippen LogP contribution in [-0.2, 0) is 4.74 Å². The standard InChI is InChI=1S/C14H18N4O3/c1-14(2,3)21-13(20)16-8-4-5-11(19)9(6-8)10-7-12(15)18-17-10/h4-7,19H,1-3H3,(H,16,20)(H3,15,17,18). The molecule has 0 fully saturated rings. The molecule has 0 aliphatic rings. The predicted octanol–water partition coefficient (Wildman–Crippen LogP) is 2.71. The van der Waals surface area contributed by atoms with Gasteiger partial charge < -0.3 is 15.6 Å². The van der Waals surface area contributed by atoms with Crippen LogP contribution in [0.25, 0.3) is 11.3 Å². The Balaban J connectivity index is 2.21. The first-order chi connectivity index (χ1) is 9.74. The minimum absolute atomic E-state index is 0.0494. The second-order valence-corrected chi connectivity index (χ2v) is 5.57. The predicted molar refractivity (Wildman–Crippen MR) is 80.0 cm³/mol. The molecule has 0 unspecified atom stereocenters. The summed E-state index contributed by atoms with van der Waals surface area (Å²) < 4.78 is 5.17. The number of amides is 1. The number of nitrogens with zero attached hydrogens (tertiary/aromatic N) is 1. The average Bonchev–Trinajstić information content (AvgIpc) is 2.76. The molecule has 0 aliphatic carbocycles. The molecule has 0 bridgehead atoms. The molecular formula is C14H18N4O3. The molecule has 1 amide bonds. The van der Waals surface area contributed by atoms with Gasteiger partial charge >= 0.3 is 6.09 Å². The fraction of sp³-hybridized carbons (Fsp3) is 0.286. The molecule has 0 atom stereocenters. The molecule has 5 N–H and O–H groups in total. The monoisotopic (exact) mass is 290 g/mol. The molecule has 1 heterocycles. The number of benzene rings is 1. The van der Waals surface area contributed by atoms with Crippen LogP contribution in [0.4, 0.5) is 16.3 Å². The highest BCUT2D eigenvalue weighted by Gasteiger charge is 2.17. The Kier molecular flexibility index (Phi) is 3.75. The number of carbonyl (C=O) groups is 1. The minimum atomic E-state index is -0.582. The van der Waals surface area contributed by atoms with E-state index in [2.05, 4.69) is 15.5 Å². The molecule has 0 spiro atoms. The first-order valence-electron chi connectivity index (χ1n) is 6.39. The number of anilines is 2. The molecule has 0 aliphatic heterocycles. The molecule has 2 aromatic rings. The second-order valence-electron chi connectivity index (χ2n) is 5.57. The lowest BCUT2D eigenvalue weighted by Crippen LogP contribution is -2.27. The van der Waals surface area contributed by atoms with Crippen LogP contribution in [0, 0.1) is 0 Å². The van der Waals surface area contributed by atoms with E-state index in [1.165, 1.54) is 6.07 Å². The topological polar surface area (TPSA) is 113 Å². The average molecular weight is 290 g/mol. The van der Waals surface area contributed by atoms with Crippen molar-refractivity contribution in [2.45, 2.75) is 26.4 Å². The number of nitrogen functional groups attached to an aromatic ring is 1. The van der Waals surface area contributed by atoms with Crippen LogP contribution < -0.4 is 11.1 Å². The Labute approximate surface area is 122 Å². The van der Waals surface area contributed by atoms with Crippen LogP contribution in [0.5, 0.6) is 5.75 Å². The quantitative estimate of drug-likeness (QED) is 0.635. The van der Waals surface area contributed by atoms with Crippen molar-refractivity contribution in [3.8, 4) is 17.0 Å². The van der Waals surface area contributed by atoms with Gasteiger partial charge in [0.2, 0.25) is 0 Å². The number of rotatable bonds is 2. The van der Waals surface area contributed by atoms with Crippen molar-refractivity contribution in [1.82, 2.24) is 10.2 Å². The van der Waals surface area contributed by atoms with E-state index >= 15 is 0 Å². The number of hydrogen-bond acceptors (Lipinski definition) is 5. The van der Waals surface area contributed by atoms with Gasteiger partial charge in [-0.2, -0.15) is 5.10 Å². The number of aromatic nitrogens is 2. The highest BCUT2D eigenvalue weighted by Crippen LogP contribution is 2.31. The first kappa shape index (κ1) is 14.7. The number of hydrogen-bond donors (Lipinski definition) is 4. The van der Waals surface area contributed by atoms with Gasteiger partial charge in [0, 0.05) is 17.3 Å². The summed E-state index contributed by atoms with van der Waals surface area (Å²) >= 11 is 0. The molecule has 0 radical (unpaired) electrons. The number of ether oxygens (including phenoxy) is 1. The van der Waals surface area contributed by atoms with Gasteiger partial charge in [-0.15, -0.1) is 0 Å². The SMILES string of the molecule is CC(C)(C)OC(=O)Nc1ccc(O)c(-c2cc(N)n[nH]2)c1. The lowest BCUT2D eigenvalue weighted by molar-refractivity contribution is 0.0636. The molecule has 21 heavy (non-hydrogen) atoms. The Morgan fingerprint density at radius 1 is 1.38 bits per heavy atom.